The third-order valence-corrected chi connectivity index (χ3v) is 5.25. The molecule has 0 unspecified atom stereocenters. The van der Waals surface area contributed by atoms with Crippen LogP contribution in [0.4, 0.5) is 16.3 Å². The van der Waals surface area contributed by atoms with E-state index in [1.807, 2.05) is 55.5 Å². The van der Waals surface area contributed by atoms with E-state index in [2.05, 4.69) is 19.9 Å². The van der Waals surface area contributed by atoms with Gasteiger partial charge in [0.15, 0.2) is 5.82 Å². The van der Waals surface area contributed by atoms with Crippen molar-refractivity contribution < 1.29 is 9.53 Å². The number of amides is 2. The van der Waals surface area contributed by atoms with E-state index in [1.165, 1.54) is 0 Å². The second-order valence-electron chi connectivity index (χ2n) is 7.40. The Morgan fingerprint density at radius 1 is 0.938 bits per heavy atom. The smallest absolute Gasteiger partial charge is 0.330 e. The zero-order chi connectivity index (χ0) is 21.9. The number of aryl methyl sites for hydroxylation is 1. The van der Waals surface area contributed by atoms with Crippen LogP contribution in [0, 0.1) is 6.92 Å². The first-order chi connectivity index (χ1) is 15.7. The summed E-state index contributed by atoms with van der Waals surface area (Å²) in [5.41, 5.74) is 2.88. The molecule has 0 radical (unpaired) electrons. The minimum atomic E-state index is -0.238. The predicted molar refractivity (Wildman–Crippen MR) is 120 cm³/mol. The van der Waals surface area contributed by atoms with Gasteiger partial charge < -0.3 is 4.74 Å². The van der Waals surface area contributed by atoms with Crippen molar-refractivity contribution in [3.05, 3.63) is 96.8 Å². The number of anilines is 2. The Morgan fingerprint density at radius 2 is 1.72 bits per heavy atom. The Morgan fingerprint density at radius 3 is 2.44 bits per heavy atom. The molecule has 2 aromatic heterocycles. The van der Waals surface area contributed by atoms with Gasteiger partial charge in [-0.15, -0.1) is 0 Å². The number of hydrogen-bond acceptors (Lipinski definition) is 6. The Balaban J connectivity index is 1.52. The van der Waals surface area contributed by atoms with E-state index in [0.29, 0.717) is 24.0 Å². The first-order valence-corrected chi connectivity index (χ1v) is 10.2. The molecule has 32 heavy (non-hydrogen) atoms. The van der Waals surface area contributed by atoms with Crippen molar-refractivity contribution in [1.82, 2.24) is 19.9 Å². The third-order valence-electron chi connectivity index (χ3n) is 5.25. The highest BCUT2D eigenvalue weighted by atomic mass is 16.5. The molecule has 0 N–H and O–H groups in total. The molecule has 1 fully saturated rings. The molecule has 2 amide bonds. The summed E-state index contributed by atoms with van der Waals surface area (Å²) in [7, 11) is 0. The van der Waals surface area contributed by atoms with Gasteiger partial charge in [-0.25, -0.2) is 14.8 Å². The molecule has 3 heterocycles. The van der Waals surface area contributed by atoms with Crippen molar-refractivity contribution in [2.24, 2.45) is 0 Å². The average Bonchev–Trinajstić information content (AvgIpc) is 3.18. The first-order valence-electron chi connectivity index (χ1n) is 10.2. The van der Waals surface area contributed by atoms with Crippen LogP contribution in [-0.4, -0.2) is 32.5 Å². The predicted octanol–water partition coefficient (Wildman–Crippen LogP) is 4.56. The highest BCUT2D eigenvalue weighted by Gasteiger charge is 2.40. The number of benzene rings is 2. The summed E-state index contributed by atoms with van der Waals surface area (Å²) in [5.74, 6) is 1.55. The van der Waals surface area contributed by atoms with E-state index in [0.717, 1.165) is 16.8 Å². The molecule has 8 heteroatoms. The topological polar surface area (TPSA) is 84.3 Å². The number of rotatable bonds is 5. The van der Waals surface area contributed by atoms with Crippen LogP contribution in [0.1, 0.15) is 17.2 Å². The summed E-state index contributed by atoms with van der Waals surface area (Å²) in [6.07, 6.45) is 9.50. The van der Waals surface area contributed by atoms with Crippen LogP contribution in [0.25, 0.3) is 0 Å². The van der Waals surface area contributed by atoms with E-state index >= 15 is 0 Å². The minimum Gasteiger partial charge on any atom is -0.437 e. The van der Waals surface area contributed by atoms with Crippen molar-refractivity contribution in [3.63, 3.8) is 0 Å². The lowest BCUT2D eigenvalue weighted by molar-refractivity contribution is 0.255. The number of carbonyl (C=O) groups excluding carboxylic acids is 1. The van der Waals surface area contributed by atoms with Crippen molar-refractivity contribution in [2.75, 3.05) is 16.3 Å². The number of urea groups is 1. The fraction of sp³-hybridized carbons (Fsp3) is 0.125. The lowest BCUT2D eigenvalue weighted by Gasteiger charge is -2.24. The molecule has 0 bridgehead atoms. The summed E-state index contributed by atoms with van der Waals surface area (Å²) in [6, 6.07) is 15.2. The van der Waals surface area contributed by atoms with Crippen molar-refractivity contribution in [1.29, 1.82) is 0 Å². The van der Waals surface area contributed by atoms with Crippen LogP contribution in [-0.2, 0) is 0 Å². The Labute approximate surface area is 185 Å². The quantitative estimate of drug-likeness (QED) is 0.467. The van der Waals surface area contributed by atoms with Crippen LogP contribution in [0.3, 0.4) is 0 Å². The molecular formula is C24H20N6O2. The number of nitrogens with zero attached hydrogens (tertiary/aromatic N) is 6. The maximum atomic E-state index is 13.5. The lowest BCUT2D eigenvalue weighted by atomic mass is 10.1. The second-order valence-corrected chi connectivity index (χ2v) is 7.40. The third kappa shape index (κ3) is 3.85. The van der Waals surface area contributed by atoms with E-state index in [9.17, 15) is 4.79 Å². The van der Waals surface area contributed by atoms with Gasteiger partial charge in [-0.3, -0.25) is 19.8 Å². The Kier molecular flexibility index (Phi) is 5.17. The van der Waals surface area contributed by atoms with Gasteiger partial charge in [0.1, 0.15) is 5.75 Å². The van der Waals surface area contributed by atoms with Crippen LogP contribution in [0.2, 0.25) is 0 Å². The second kappa shape index (κ2) is 8.43. The monoisotopic (exact) mass is 424 g/mol. The molecule has 5 rings (SSSR count). The molecule has 1 atom stereocenters. The number of hydrogen-bond donors (Lipinski definition) is 0. The van der Waals surface area contributed by atoms with E-state index in [-0.39, 0.29) is 12.1 Å². The van der Waals surface area contributed by atoms with E-state index in [4.69, 9.17) is 4.74 Å². The zero-order valence-corrected chi connectivity index (χ0v) is 17.4. The fourth-order valence-electron chi connectivity index (χ4n) is 3.71. The minimum absolute atomic E-state index is 0.153. The van der Waals surface area contributed by atoms with Crippen molar-refractivity contribution in [3.8, 4) is 11.6 Å². The Bertz CT molecular complexity index is 1220. The zero-order valence-electron chi connectivity index (χ0n) is 17.4. The molecule has 0 aliphatic carbocycles. The lowest BCUT2D eigenvalue weighted by Crippen LogP contribution is -2.32. The number of carbonyl (C=O) groups is 1. The SMILES string of the molecule is Cc1ccc(N2C(=O)N(c3cnccn3)C[C@@H]2c2cccc(Oc3cnccn3)c2)cc1. The van der Waals surface area contributed by atoms with Gasteiger partial charge in [0.05, 0.1) is 25.0 Å². The van der Waals surface area contributed by atoms with Crippen LogP contribution >= 0.6 is 0 Å². The maximum Gasteiger partial charge on any atom is 0.330 e. The van der Waals surface area contributed by atoms with Gasteiger partial charge in [0.2, 0.25) is 5.88 Å². The Hall–Kier alpha value is -4.33. The van der Waals surface area contributed by atoms with Gasteiger partial charge in [-0.2, -0.15) is 0 Å². The first kappa shape index (κ1) is 19.6. The highest BCUT2D eigenvalue weighted by molar-refractivity contribution is 6.06. The van der Waals surface area contributed by atoms with Crippen molar-refractivity contribution in [2.45, 2.75) is 13.0 Å². The van der Waals surface area contributed by atoms with E-state index in [1.54, 1.807) is 47.0 Å². The van der Waals surface area contributed by atoms with Gasteiger partial charge in [0.25, 0.3) is 0 Å². The molecule has 4 aromatic rings. The molecule has 2 aromatic carbocycles. The summed E-state index contributed by atoms with van der Waals surface area (Å²) < 4.78 is 5.86. The normalized spacial score (nSPS) is 15.8. The largest absolute Gasteiger partial charge is 0.437 e. The fourth-order valence-corrected chi connectivity index (χ4v) is 3.71. The summed E-state index contributed by atoms with van der Waals surface area (Å²) in [6.45, 7) is 2.45. The standard InChI is InChI=1S/C24H20N6O2/c1-17-5-7-19(8-6-17)30-21(16-29(24(30)31)22-14-25-9-11-27-22)18-3-2-4-20(13-18)32-23-15-26-10-12-28-23/h2-15,21H,16H2,1H3/t21-/m1/s1. The summed E-state index contributed by atoms with van der Waals surface area (Å²) in [5, 5.41) is 0. The van der Waals surface area contributed by atoms with Crippen LogP contribution in [0.5, 0.6) is 11.6 Å². The average molecular weight is 424 g/mol. The van der Waals surface area contributed by atoms with Gasteiger partial charge >= 0.3 is 6.03 Å². The van der Waals surface area contributed by atoms with Gasteiger partial charge in [0, 0.05) is 30.5 Å². The highest BCUT2D eigenvalue weighted by Crippen LogP contribution is 2.37. The molecule has 8 nitrogen and oxygen atoms in total. The number of ether oxygens (including phenoxy) is 1. The van der Waals surface area contributed by atoms with Crippen molar-refractivity contribution >= 4 is 17.5 Å². The molecule has 1 aliphatic heterocycles. The maximum absolute atomic E-state index is 13.5. The molecule has 1 saturated heterocycles. The molecular weight excluding hydrogens is 404 g/mol. The molecule has 1 aliphatic rings. The molecule has 0 spiro atoms. The summed E-state index contributed by atoms with van der Waals surface area (Å²) >= 11 is 0. The van der Waals surface area contributed by atoms with Crippen LogP contribution < -0.4 is 14.5 Å². The van der Waals surface area contributed by atoms with Gasteiger partial charge in [-0.1, -0.05) is 29.8 Å². The van der Waals surface area contributed by atoms with Gasteiger partial charge in [-0.05, 0) is 36.8 Å². The van der Waals surface area contributed by atoms with Crippen LogP contribution in [0.15, 0.2) is 85.7 Å². The molecule has 158 valence electrons. The molecule has 0 saturated carbocycles. The summed E-state index contributed by atoms with van der Waals surface area (Å²) in [4.78, 5) is 33.6. The number of aromatic nitrogens is 4. The van der Waals surface area contributed by atoms with E-state index < -0.39 is 0 Å².